The van der Waals surface area contributed by atoms with Crippen molar-refractivity contribution < 1.29 is 12.5 Å². The van der Waals surface area contributed by atoms with Crippen LogP contribution in [0.5, 0.6) is 0 Å². The second-order valence-corrected chi connectivity index (χ2v) is 2.69. The minimum absolute atomic E-state index is 0.0211. The van der Waals surface area contributed by atoms with Gasteiger partial charge in [-0.2, -0.15) is 0 Å². The lowest BCUT2D eigenvalue weighted by Crippen LogP contribution is -1.97. The van der Waals surface area contributed by atoms with Gasteiger partial charge in [-0.25, -0.2) is 0 Å². The Kier molecular flexibility index (Phi) is 1.61. The van der Waals surface area contributed by atoms with Gasteiger partial charge in [-0.05, 0) is 17.7 Å². The molecule has 1 aliphatic heterocycles. The van der Waals surface area contributed by atoms with E-state index in [-0.39, 0.29) is 5.69 Å². The fourth-order valence-electron chi connectivity index (χ4n) is 1.12. The number of hydrogen-bond acceptors (Lipinski definition) is 4. The van der Waals surface area contributed by atoms with Crippen LogP contribution in [0.2, 0.25) is 0 Å². The van der Waals surface area contributed by atoms with E-state index in [1.54, 1.807) is 0 Å². The Balaban J connectivity index is 2.26. The number of rotatable bonds is 2. The van der Waals surface area contributed by atoms with E-state index in [2.05, 4.69) is 9.99 Å². The fraction of sp³-hybridized carbons (Fsp3) is 0.222. The van der Waals surface area contributed by atoms with E-state index in [1.807, 2.05) is 0 Å². The molecule has 0 fully saturated rings. The van der Waals surface area contributed by atoms with Crippen LogP contribution in [0.25, 0.3) is 0 Å². The topological polar surface area (TPSA) is 64.7 Å². The fourth-order valence-corrected chi connectivity index (χ4v) is 1.12. The standard InChI is InChI=1S/C9H8N2O3/c12-11(13)8-3-1-7(2-4-8)9-5-6-14-10-9/h1-4H,5-6H2/i5D,6D/t5-,6-/m0/s1. The van der Waals surface area contributed by atoms with Gasteiger partial charge in [-0.3, -0.25) is 10.1 Å². The Hall–Kier alpha value is -1.91. The van der Waals surface area contributed by atoms with Crippen LogP contribution in [0, 0.1) is 10.1 Å². The van der Waals surface area contributed by atoms with Crippen molar-refractivity contribution in [3.63, 3.8) is 0 Å². The predicted octanol–water partition coefficient (Wildman–Crippen LogP) is 1.72. The van der Waals surface area contributed by atoms with Crippen LogP contribution >= 0.6 is 0 Å². The van der Waals surface area contributed by atoms with Crippen molar-refractivity contribution in [1.82, 2.24) is 0 Å². The molecule has 0 bridgehead atoms. The molecule has 0 saturated heterocycles. The molecule has 0 aromatic heterocycles. The molecule has 0 N–H and O–H groups in total. The smallest absolute Gasteiger partial charge is 0.269 e. The SMILES string of the molecule is [2H][C@@H]1ON=C(c2ccc([N+](=O)[O-])cc2)[C@H]1[2H]. The van der Waals surface area contributed by atoms with Crippen molar-refractivity contribution >= 4 is 11.4 Å². The predicted molar refractivity (Wildman–Crippen MR) is 50.2 cm³/mol. The van der Waals surface area contributed by atoms with Crippen LogP contribution in [-0.4, -0.2) is 17.2 Å². The van der Waals surface area contributed by atoms with Crippen molar-refractivity contribution in [3.8, 4) is 0 Å². The maximum absolute atomic E-state index is 10.4. The highest BCUT2D eigenvalue weighted by molar-refractivity contribution is 6.01. The Morgan fingerprint density at radius 2 is 2.21 bits per heavy atom. The number of oxime groups is 1. The first-order valence-electron chi connectivity index (χ1n) is 5.08. The first kappa shape index (κ1) is 6.53. The molecular weight excluding hydrogens is 184 g/mol. The zero-order valence-electron chi connectivity index (χ0n) is 9.08. The van der Waals surface area contributed by atoms with Crippen molar-refractivity contribution in [1.29, 1.82) is 0 Å². The Labute approximate surface area is 82.9 Å². The molecule has 0 aliphatic carbocycles. The Morgan fingerprint density at radius 1 is 1.50 bits per heavy atom. The summed E-state index contributed by atoms with van der Waals surface area (Å²) in [6, 6.07) is 5.67. The first-order chi connectivity index (χ1) is 7.59. The third kappa shape index (κ3) is 1.56. The van der Waals surface area contributed by atoms with Gasteiger partial charge in [-0.1, -0.05) is 5.16 Å². The summed E-state index contributed by atoms with van der Waals surface area (Å²) in [6.07, 6.45) is -0.874. The van der Waals surface area contributed by atoms with Crippen LogP contribution in [0.3, 0.4) is 0 Å². The number of nitro benzene ring substituents is 1. The van der Waals surface area contributed by atoms with Crippen LogP contribution < -0.4 is 0 Å². The summed E-state index contributed by atoms with van der Waals surface area (Å²) in [7, 11) is 0. The largest absolute Gasteiger partial charge is 0.395 e. The third-order valence-electron chi connectivity index (χ3n) is 1.81. The molecule has 0 unspecified atom stereocenters. The van der Waals surface area contributed by atoms with Gasteiger partial charge in [0.05, 0.1) is 12.0 Å². The van der Waals surface area contributed by atoms with E-state index in [0.717, 1.165) is 0 Å². The molecule has 1 aliphatic rings. The molecule has 1 aromatic rings. The molecule has 0 saturated carbocycles. The molecule has 1 heterocycles. The maximum atomic E-state index is 10.4. The monoisotopic (exact) mass is 194 g/mol. The highest BCUT2D eigenvalue weighted by Gasteiger charge is 2.12. The Bertz CT molecular complexity index is 447. The maximum Gasteiger partial charge on any atom is 0.269 e. The molecule has 5 nitrogen and oxygen atoms in total. The first-order valence-corrected chi connectivity index (χ1v) is 3.92. The van der Waals surface area contributed by atoms with Gasteiger partial charge in [-0.15, -0.1) is 0 Å². The summed E-state index contributed by atoms with van der Waals surface area (Å²) in [5.74, 6) is 0. The van der Waals surface area contributed by atoms with Crippen molar-refractivity contribution in [2.45, 2.75) is 6.40 Å². The lowest BCUT2D eigenvalue weighted by Gasteiger charge is -1.96. The van der Waals surface area contributed by atoms with Gasteiger partial charge in [0.25, 0.3) is 5.69 Å². The third-order valence-corrected chi connectivity index (χ3v) is 1.81. The molecule has 72 valence electrons. The summed E-state index contributed by atoms with van der Waals surface area (Å²) in [5.41, 5.74) is 0.877. The molecular formula is C9H8N2O3. The quantitative estimate of drug-likeness (QED) is 0.531. The summed E-state index contributed by atoms with van der Waals surface area (Å²) >= 11 is 0. The number of benzene rings is 1. The van der Waals surface area contributed by atoms with Gasteiger partial charge in [0.2, 0.25) is 0 Å². The number of non-ortho nitro benzene ring substituents is 1. The second-order valence-electron chi connectivity index (χ2n) is 2.69. The van der Waals surface area contributed by atoms with Crippen LogP contribution in [-0.2, 0) is 4.84 Å². The van der Waals surface area contributed by atoms with Gasteiger partial charge in [0.1, 0.15) is 6.58 Å². The highest BCUT2D eigenvalue weighted by atomic mass is 16.6. The van der Waals surface area contributed by atoms with E-state index in [9.17, 15) is 10.1 Å². The van der Waals surface area contributed by atoms with Gasteiger partial charge >= 0.3 is 0 Å². The molecule has 5 heteroatoms. The number of nitro groups is 1. The molecule has 2 rings (SSSR count). The summed E-state index contributed by atoms with van der Waals surface area (Å²) in [4.78, 5) is 14.6. The van der Waals surface area contributed by atoms with Crippen LogP contribution in [0.1, 0.15) is 14.7 Å². The molecule has 1 aromatic carbocycles. The molecule has 14 heavy (non-hydrogen) atoms. The number of hydrogen-bond donors (Lipinski definition) is 0. The van der Waals surface area contributed by atoms with Gasteiger partial charge in [0, 0.05) is 19.9 Å². The normalized spacial score (nSPS) is 27.3. The average Bonchev–Trinajstić information content (AvgIpc) is 2.60. The molecule has 0 amide bonds. The minimum atomic E-state index is -1.02. The van der Waals surface area contributed by atoms with E-state index in [1.165, 1.54) is 24.3 Å². The zero-order chi connectivity index (χ0) is 11.7. The number of nitrogens with zero attached hydrogens (tertiary/aromatic N) is 2. The van der Waals surface area contributed by atoms with Crippen molar-refractivity contribution in [2.24, 2.45) is 5.16 Å². The van der Waals surface area contributed by atoms with E-state index >= 15 is 0 Å². The Morgan fingerprint density at radius 3 is 2.71 bits per heavy atom. The molecule has 0 radical (unpaired) electrons. The second kappa shape index (κ2) is 3.45. The average molecular weight is 194 g/mol. The van der Waals surface area contributed by atoms with E-state index in [0.29, 0.717) is 11.3 Å². The van der Waals surface area contributed by atoms with Crippen molar-refractivity contribution in [3.05, 3.63) is 39.9 Å². The van der Waals surface area contributed by atoms with Gasteiger partial charge in [0.15, 0.2) is 0 Å². The van der Waals surface area contributed by atoms with Crippen molar-refractivity contribution in [2.75, 3.05) is 6.58 Å². The highest BCUT2D eigenvalue weighted by Crippen LogP contribution is 2.15. The van der Waals surface area contributed by atoms with Crippen LogP contribution in [0.4, 0.5) is 5.69 Å². The zero-order valence-corrected chi connectivity index (χ0v) is 7.08. The molecule has 0 spiro atoms. The molecule has 2 atom stereocenters. The lowest BCUT2D eigenvalue weighted by atomic mass is 10.1. The van der Waals surface area contributed by atoms with E-state index in [4.69, 9.17) is 2.74 Å². The lowest BCUT2D eigenvalue weighted by molar-refractivity contribution is -0.384. The minimum Gasteiger partial charge on any atom is -0.395 e. The van der Waals surface area contributed by atoms with Gasteiger partial charge < -0.3 is 4.84 Å². The summed E-state index contributed by atoms with van der Waals surface area (Å²) < 4.78 is 14.9. The summed E-state index contributed by atoms with van der Waals surface area (Å²) in [6.45, 7) is -1.02. The summed E-state index contributed by atoms with van der Waals surface area (Å²) in [5, 5.41) is 14.0. The van der Waals surface area contributed by atoms with Crippen LogP contribution in [0.15, 0.2) is 29.4 Å². The van der Waals surface area contributed by atoms with E-state index < -0.39 is 17.9 Å².